The number of nitrogens with two attached hydrogens (primary N) is 1. The number of benzene rings is 2. The van der Waals surface area contributed by atoms with E-state index in [0.29, 0.717) is 35.6 Å². The Labute approximate surface area is 208 Å². The van der Waals surface area contributed by atoms with Crippen molar-refractivity contribution in [1.29, 1.82) is 5.41 Å². The number of pyridine rings is 1. The van der Waals surface area contributed by atoms with Crippen molar-refractivity contribution in [1.82, 2.24) is 20.3 Å². The summed E-state index contributed by atoms with van der Waals surface area (Å²) in [7, 11) is 0. The summed E-state index contributed by atoms with van der Waals surface area (Å²) in [6.07, 6.45) is 4.94. The molecule has 36 heavy (non-hydrogen) atoms. The highest BCUT2D eigenvalue weighted by Crippen LogP contribution is 2.27. The van der Waals surface area contributed by atoms with Gasteiger partial charge in [0.2, 0.25) is 0 Å². The van der Waals surface area contributed by atoms with Crippen LogP contribution in [0.4, 0.5) is 11.6 Å². The Kier molecular flexibility index (Phi) is 6.55. The molecule has 182 valence electrons. The van der Waals surface area contributed by atoms with Gasteiger partial charge < -0.3 is 21.5 Å². The maximum Gasteiger partial charge on any atom is 0.270 e. The van der Waals surface area contributed by atoms with Crippen molar-refractivity contribution >= 4 is 34.0 Å². The van der Waals surface area contributed by atoms with Crippen LogP contribution in [0.1, 0.15) is 46.4 Å². The molecule has 2 aromatic carbocycles. The van der Waals surface area contributed by atoms with Gasteiger partial charge in [-0.2, -0.15) is 0 Å². The Morgan fingerprint density at radius 3 is 2.58 bits per heavy atom. The van der Waals surface area contributed by atoms with Gasteiger partial charge in [0.15, 0.2) is 0 Å². The monoisotopic (exact) mass is 481 g/mol. The fourth-order valence-electron chi connectivity index (χ4n) is 4.45. The first kappa shape index (κ1) is 23.4. The number of fused-ring (bicyclic) bond motifs is 1. The average Bonchev–Trinajstić information content (AvgIpc) is 3.31. The highest BCUT2D eigenvalue weighted by molar-refractivity contribution is 6.16. The number of hydrogen-bond donors (Lipinski definition) is 5. The van der Waals surface area contributed by atoms with E-state index >= 15 is 0 Å². The first-order valence-electron chi connectivity index (χ1n) is 11.8. The molecule has 0 aliphatic heterocycles. The molecule has 1 fully saturated rings. The quantitative estimate of drug-likeness (QED) is 0.254. The number of carbonyl (C=O) groups excluding carboxylic acids is 1. The molecule has 6 N–H and O–H groups in total. The molecule has 2 aromatic heterocycles. The summed E-state index contributed by atoms with van der Waals surface area (Å²) in [6, 6.07) is 17.0. The standard InChI is InChI=1S/C27H27N7O2/c28-24(23-25(29)32-15-33-26(23)34-20-9-10-21(35)12-20)17-7-5-16(6-8-17)13-31-27(36)22-11-18-3-1-2-4-19(18)14-30-22/h1-8,11,14-15,20-21,28,35H,9-10,12-13H2,(H,31,36)(H3,29,32,33,34). The summed E-state index contributed by atoms with van der Waals surface area (Å²) in [5.74, 6) is 0.459. The van der Waals surface area contributed by atoms with Crippen molar-refractivity contribution in [2.24, 2.45) is 0 Å². The summed E-state index contributed by atoms with van der Waals surface area (Å²) >= 11 is 0. The molecule has 2 heterocycles. The van der Waals surface area contributed by atoms with Crippen LogP contribution in [0.25, 0.3) is 10.8 Å². The Hall–Kier alpha value is -4.37. The minimum absolute atomic E-state index is 0.0731. The van der Waals surface area contributed by atoms with Crippen molar-refractivity contribution in [3.8, 4) is 0 Å². The van der Waals surface area contributed by atoms with Gasteiger partial charge in [0.05, 0.1) is 17.4 Å². The van der Waals surface area contributed by atoms with Gasteiger partial charge in [-0.15, -0.1) is 0 Å². The largest absolute Gasteiger partial charge is 0.393 e. The number of aliphatic hydroxyl groups excluding tert-OH is 1. The molecule has 2 atom stereocenters. The smallest absolute Gasteiger partial charge is 0.270 e. The van der Waals surface area contributed by atoms with Crippen molar-refractivity contribution < 1.29 is 9.90 Å². The Bertz CT molecular complexity index is 1420. The van der Waals surface area contributed by atoms with Crippen molar-refractivity contribution in [3.05, 3.63) is 89.5 Å². The first-order chi connectivity index (χ1) is 17.5. The van der Waals surface area contributed by atoms with Gasteiger partial charge in [0, 0.05) is 29.7 Å². The minimum atomic E-state index is -0.324. The van der Waals surface area contributed by atoms with Crippen molar-refractivity contribution in [2.45, 2.75) is 38.0 Å². The fourth-order valence-corrected chi connectivity index (χ4v) is 4.45. The van der Waals surface area contributed by atoms with Crippen molar-refractivity contribution in [2.75, 3.05) is 11.1 Å². The molecule has 0 saturated heterocycles. The lowest BCUT2D eigenvalue weighted by molar-refractivity contribution is 0.0946. The molecule has 1 aliphatic rings. The fraction of sp³-hybridized carbons (Fsp3) is 0.222. The van der Waals surface area contributed by atoms with Crippen LogP contribution in [0.15, 0.2) is 67.1 Å². The van der Waals surface area contributed by atoms with Gasteiger partial charge in [-0.25, -0.2) is 9.97 Å². The Balaban J connectivity index is 1.26. The summed E-state index contributed by atoms with van der Waals surface area (Å²) in [5.41, 5.74) is 8.66. The second-order valence-electron chi connectivity index (χ2n) is 8.96. The van der Waals surface area contributed by atoms with E-state index in [1.54, 1.807) is 12.3 Å². The zero-order chi connectivity index (χ0) is 25.1. The molecule has 0 bridgehead atoms. The van der Waals surface area contributed by atoms with Gasteiger partial charge in [0.25, 0.3) is 5.91 Å². The van der Waals surface area contributed by atoms with E-state index in [1.165, 1.54) is 6.33 Å². The van der Waals surface area contributed by atoms with Gasteiger partial charge >= 0.3 is 0 Å². The molecule has 1 saturated carbocycles. The van der Waals surface area contributed by atoms with Crippen LogP contribution in [-0.2, 0) is 6.54 Å². The maximum absolute atomic E-state index is 12.6. The van der Waals surface area contributed by atoms with E-state index in [-0.39, 0.29) is 29.6 Å². The third-order valence-electron chi connectivity index (χ3n) is 6.43. The lowest BCUT2D eigenvalue weighted by atomic mass is 10.0. The third kappa shape index (κ3) is 5.01. The van der Waals surface area contributed by atoms with E-state index < -0.39 is 0 Å². The number of amides is 1. The number of nitrogens with zero attached hydrogens (tertiary/aromatic N) is 3. The highest BCUT2D eigenvalue weighted by Gasteiger charge is 2.25. The van der Waals surface area contributed by atoms with Crippen LogP contribution < -0.4 is 16.4 Å². The summed E-state index contributed by atoms with van der Waals surface area (Å²) < 4.78 is 0. The van der Waals surface area contributed by atoms with E-state index in [0.717, 1.165) is 29.2 Å². The summed E-state index contributed by atoms with van der Waals surface area (Å²) in [5, 5.41) is 26.7. The van der Waals surface area contributed by atoms with Gasteiger partial charge in [-0.3, -0.25) is 15.2 Å². The molecule has 0 spiro atoms. The Morgan fingerprint density at radius 2 is 1.83 bits per heavy atom. The second-order valence-corrected chi connectivity index (χ2v) is 8.96. The number of nitrogen functional groups attached to an aromatic ring is 1. The average molecular weight is 482 g/mol. The molecule has 2 unspecified atom stereocenters. The third-order valence-corrected chi connectivity index (χ3v) is 6.43. The zero-order valence-corrected chi connectivity index (χ0v) is 19.6. The zero-order valence-electron chi connectivity index (χ0n) is 19.6. The van der Waals surface area contributed by atoms with Gasteiger partial charge in [-0.05, 0) is 36.3 Å². The molecular formula is C27H27N7O2. The SMILES string of the molecule is N=C(c1ccc(CNC(=O)c2cc3ccccc3cn2)cc1)c1c(N)ncnc1NC1CCC(O)C1. The number of hydrogen-bond acceptors (Lipinski definition) is 8. The summed E-state index contributed by atoms with van der Waals surface area (Å²) in [6.45, 7) is 0.328. The van der Waals surface area contributed by atoms with Crippen LogP contribution in [0.3, 0.4) is 0 Å². The van der Waals surface area contributed by atoms with Gasteiger partial charge in [0.1, 0.15) is 23.7 Å². The van der Waals surface area contributed by atoms with E-state index in [9.17, 15) is 9.90 Å². The second kappa shape index (κ2) is 10.1. The highest BCUT2D eigenvalue weighted by atomic mass is 16.3. The number of nitrogens with one attached hydrogen (secondary N) is 3. The van der Waals surface area contributed by atoms with E-state index in [2.05, 4.69) is 25.6 Å². The molecule has 4 aromatic rings. The van der Waals surface area contributed by atoms with Crippen LogP contribution in [-0.4, -0.2) is 43.8 Å². The first-order valence-corrected chi connectivity index (χ1v) is 11.8. The lowest BCUT2D eigenvalue weighted by Gasteiger charge is -2.17. The number of aromatic nitrogens is 3. The summed E-state index contributed by atoms with van der Waals surface area (Å²) in [4.78, 5) is 25.2. The molecule has 5 rings (SSSR count). The maximum atomic E-state index is 12.6. The molecule has 1 aliphatic carbocycles. The Morgan fingerprint density at radius 1 is 1.06 bits per heavy atom. The number of anilines is 2. The molecular weight excluding hydrogens is 454 g/mol. The predicted molar refractivity (Wildman–Crippen MR) is 139 cm³/mol. The van der Waals surface area contributed by atoms with Crippen LogP contribution in [0.5, 0.6) is 0 Å². The van der Waals surface area contributed by atoms with Gasteiger partial charge in [-0.1, -0.05) is 48.5 Å². The predicted octanol–water partition coefficient (Wildman–Crippen LogP) is 3.28. The molecule has 9 nitrogen and oxygen atoms in total. The lowest BCUT2D eigenvalue weighted by Crippen LogP contribution is -2.23. The minimum Gasteiger partial charge on any atom is -0.393 e. The van der Waals surface area contributed by atoms with E-state index in [4.69, 9.17) is 11.1 Å². The van der Waals surface area contributed by atoms with Crippen LogP contribution in [0, 0.1) is 5.41 Å². The number of aliphatic hydroxyl groups is 1. The van der Waals surface area contributed by atoms with E-state index in [1.807, 2.05) is 48.5 Å². The van der Waals surface area contributed by atoms with Crippen molar-refractivity contribution in [3.63, 3.8) is 0 Å². The molecule has 1 amide bonds. The molecule has 9 heteroatoms. The number of carbonyl (C=O) groups is 1. The number of rotatable bonds is 7. The van der Waals surface area contributed by atoms with Crippen LogP contribution >= 0.6 is 0 Å². The normalized spacial score (nSPS) is 17.1. The molecule has 0 radical (unpaired) electrons. The topological polar surface area (TPSA) is 150 Å². The van der Waals surface area contributed by atoms with Crippen LogP contribution in [0.2, 0.25) is 0 Å².